The molecular formula is C27H32ClN5O3. The maximum atomic E-state index is 12.0. The van der Waals surface area contributed by atoms with Gasteiger partial charge in [-0.05, 0) is 56.1 Å². The average molecular weight is 510 g/mol. The molecule has 36 heavy (non-hydrogen) atoms. The summed E-state index contributed by atoms with van der Waals surface area (Å²) in [6.45, 7) is 4.63. The first-order valence-electron chi connectivity index (χ1n) is 13.1. The van der Waals surface area contributed by atoms with Gasteiger partial charge in [0.1, 0.15) is 0 Å². The van der Waals surface area contributed by atoms with E-state index < -0.39 is 5.97 Å². The number of aromatic nitrogens is 4. The number of rotatable bonds is 5. The summed E-state index contributed by atoms with van der Waals surface area (Å²) in [4.78, 5) is 28.4. The minimum Gasteiger partial charge on any atom is -0.477 e. The number of carboxylic acids is 1. The predicted octanol–water partition coefficient (Wildman–Crippen LogP) is 5.43. The number of aromatic carboxylic acids is 1. The second kappa shape index (κ2) is 9.63. The molecule has 3 aliphatic rings. The summed E-state index contributed by atoms with van der Waals surface area (Å²) in [5.74, 6) is 1.14. The van der Waals surface area contributed by atoms with Crippen molar-refractivity contribution in [1.82, 2.24) is 19.5 Å². The Morgan fingerprint density at radius 1 is 1.14 bits per heavy atom. The first kappa shape index (κ1) is 23.7. The third-order valence-corrected chi connectivity index (χ3v) is 8.42. The number of carbonyl (C=O) groups is 1. The molecule has 2 aliphatic carbocycles. The molecule has 3 aromatic heterocycles. The predicted molar refractivity (Wildman–Crippen MR) is 139 cm³/mol. The zero-order valence-corrected chi connectivity index (χ0v) is 21.3. The first-order valence-corrected chi connectivity index (χ1v) is 13.5. The summed E-state index contributed by atoms with van der Waals surface area (Å²) in [5, 5.41) is 10.3. The van der Waals surface area contributed by atoms with Gasteiger partial charge < -0.3 is 19.3 Å². The normalized spacial score (nSPS) is 26.3. The number of pyridine rings is 2. The van der Waals surface area contributed by atoms with Crippen LogP contribution in [0.15, 0.2) is 24.5 Å². The lowest BCUT2D eigenvalue weighted by atomic mass is 9.83. The Morgan fingerprint density at radius 2 is 1.97 bits per heavy atom. The van der Waals surface area contributed by atoms with Crippen molar-refractivity contribution in [1.29, 1.82) is 0 Å². The Bertz CT molecular complexity index is 1290. The lowest BCUT2D eigenvalue weighted by Gasteiger charge is -2.39. The van der Waals surface area contributed by atoms with Crippen molar-refractivity contribution >= 4 is 34.6 Å². The molecule has 0 amide bonds. The molecule has 0 aromatic carbocycles. The number of hydrogen-bond acceptors (Lipinski definition) is 6. The molecule has 2 atom stereocenters. The number of anilines is 1. The molecule has 1 N–H and O–H groups in total. The van der Waals surface area contributed by atoms with Crippen LogP contribution in [-0.4, -0.2) is 55.9 Å². The van der Waals surface area contributed by atoms with Crippen molar-refractivity contribution in [2.24, 2.45) is 11.8 Å². The quantitative estimate of drug-likeness (QED) is 0.490. The summed E-state index contributed by atoms with van der Waals surface area (Å²) < 4.78 is 8.41. The molecule has 6 rings (SSSR count). The van der Waals surface area contributed by atoms with Crippen molar-refractivity contribution < 1.29 is 14.6 Å². The van der Waals surface area contributed by atoms with E-state index in [0.29, 0.717) is 40.4 Å². The number of morpholine rings is 1. The Labute approximate surface area is 215 Å². The van der Waals surface area contributed by atoms with E-state index in [1.165, 1.54) is 25.7 Å². The summed E-state index contributed by atoms with van der Waals surface area (Å²) in [5.41, 5.74) is 2.75. The van der Waals surface area contributed by atoms with Gasteiger partial charge in [-0.2, -0.15) is 0 Å². The van der Waals surface area contributed by atoms with Gasteiger partial charge in [0.2, 0.25) is 5.95 Å². The van der Waals surface area contributed by atoms with E-state index in [-0.39, 0.29) is 11.8 Å². The monoisotopic (exact) mass is 509 g/mol. The van der Waals surface area contributed by atoms with Gasteiger partial charge in [0.25, 0.3) is 0 Å². The van der Waals surface area contributed by atoms with Gasteiger partial charge in [-0.3, -0.25) is 4.98 Å². The van der Waals surface area contributed by atoms with Gasteiger partial charge in [0, 0.05) is 31.0 Å². The van der Waals surface area contributed by atoms with Gasteiger partial charge in [-0.25, -0.2) is 14.8 Å². The Morgan fingerprint density at radius 3 is 2.75 bits per heavy atom. The summed E-state index contributed by atoms with van der Waals surface area (Å²) in [6, 6.07) is 3.70. The number of ether oxygens (including phenoxy) is 1. The molecule has 1 saturated heterocycles. The third-order valence-electron chi connectivity index (χ3n) is 8.22. The number of imidazole rings is 1. The van der Waals surface area contributed by atoms with Gasteiger partial charge in [-0.1, -0.05) is 31.4 Å². The van der Waals surface area contributed by atoms with E-state index in [0.717, 1.165) is 49.7 Å². The van der Waals surface area contributed by atoms with Crippen LogP contribution in [0.2, 0.25) is 5.02 Å². The second-order valence-corrected chi connectivity index (χ2v) is 11.1. The highest BCUT2D eigenvalue weighted by molar-refractivity contribution is 6.30. The standard InChI is InChI=1S/C27H32ClN5O3/c1-16-5-7-17(8-6-16)15-33-25-20(31-27(33)32-9-10-36-23-4-2-3-22(23)32)12-21(26(34)35)30-24(25)18-11-19(28)14-29-13-18/h11-14,16-17,22-23H,2-10,15H2,1H3,(H,34,35)/t16?,17?,22-,23-/m1/s1. The zero-order valence-electron chi connectivity index (χ0n) is 20.6. The van der Waals surface area contributed by atoms with E-state index in [1.807, 2.05) is 0 Å². The molecule has 3 aromatic rings. The fraction of sp³-hybridized carbons (Fsp3) is 0.556. The van der Waals surface area contributed by atoms with Crippen molar-refractivity contribution in [3.8, 4) is 11.3 Å². The van der Waals surface area contributed by atoms with Crippen molar-refractivity contribution in [2.45, 2.75) is 70.6 Å². The molecule has 9 heteroatoms. The third kappa shape index (κ3) is 4.34. The average Bonchev–Trinajstić information content (AvgIpc) is 3.50. The highest BCUT2D eigenvalue weighted by atomic mass is 35.5. The number of carboxylic acid groups (broad SMARTS) is 1. The lowest BCUT2D eigenvalue weighted by Crippen LogP contribution is -2.49. The Balaban J connectivity index is 1.55. The highest BCUT2D eigenvalue weighted by Gasteiger charge is 2.39. The molecule has 1 aliphatic heterocycles. The lowest BCUT2D eigenvalue weighted by molar-refractivity contribution is 0.0247. The molecule has 0 radical (unpaired) electrons. The minimum atomic E-state index is -1.08. The smallest absolute Gasteiger partial charge is 0.354 e. The molecular weight excluding hydrogens is 478 g/mol. The van der Waals surface area contributed by atoms with E-state index >= 15 is 0 Å². The molecule has 4 heterocycles. The van der Waals surface area contributed by atoms with Gasteiger partial charge in [0.15, 0.2) is 5.69 Å². The molecule has 2 saturated carbocycles. The maximum Gasteiger partial charge on any atom is 0.354 e. The molecule has 190 valence electrons. The summed E-state index contributed by atoms with van der Waals surface area (Å²) in [7, 11) is 0. The summed E-state index contributed by atoms with van der Waals surface area (Å²) in [6.07, 6.45) is 11.6. The maximum absolute atomic E-state index is 12.0. The Kier molecular flexibility index (Phi) is 6.33. The number of nitrogens with zero attached hydrogens (tertiary/aromatic N) is 5. The fourth-order valence-electron chi connectivity index (χ4n) is 6.33. The van der Waals surface area contributed by atoms with Crippen LogP contribution in [0.5, 0.6) is 0 Å². The zero-order chi connectivity index (χ0) is 24.8. The molecule has 8 nitrogen and oxygen atoms in total. The van der Waals surface area contributed by atoms with Crippen LogP contribution < -0.4 is 4.90 Å². The highest BCUT2D eigenvalue weighted by Crippen LogP contribution is 2.39. The van der Waals surface area contributed by atoms with E-state index in [1.54, 1.807) is 24.5 Å². The van der Waals surface area contributed by atoms with Gasteiger partial charge in [-0.15, -0.1) is 0 Å². The number of fused-ring (bicyclic) bond motifs is 2. The van der Waals surface area contributed by atoms with E-state index in [9.17, 15) is 9.90 Å². The van der Waals surface area contributed by atoms with Crippen molar-refractivity contribution in [2.75, 3.05) is 18.1 Å². The van der Waals surface area contributed by atoms with E-state index in [4.69, 9.17) is 21.3 Å². The molecule has 3 fully saturated rings. The number of hydrogen-bond donors (Lipinski definition) is 1. The van der Waals surface area contributed by atoms with Crippen LogP contribution in [0.3, 0.4) is 0 Å². The van der Waals surface area contributed by atoms with E-state index in [2.05, 4.69) is 26.4 Å². The topological polar surface area (TPSA) is 93.4 Å². The Hall–Kier alpha value is -2.71. The van der Waals surface area contributed by atoms with Crippen LogP contribution in [0.4, 0.5) is 5.95 Å². The van der Waals surface area contributed by atoms with Crippen LogP contribution in [-0.2, 0) is 11.3 Å². The van der Waals surface area contributed by atoms with Gasteiger partial charge >= 0.3 is 5.97 Å². The molecule has 0 bridgehead atoms. The van der Waals surface area contributed by atoms with Crippen LogP contribution >= 0.6 is 11.6 Å². The first-order chi connectivity index (χ1) is 17.5. The van der Waals surface area contributed by atoms with Crippen molar-refractivity contribution in [3.63, 3.8) is 0 Å². The number of halogens is 1. The summed E-state index contributed by atoms with van der Waals surface area (Å²) >= 11 is 6.29. The van der Waals surface area contributed by atoms with Crippen LogP contribution in [0, 0.1) is 11.8 Å². The molecule has 0 spiro atoms. The minimum absolute atomic E-state index is 0.0270. The fourth-order valence-corrected chi connectivity index (χ4v) is 6.51. The van der Waals surface area contributed by atoms with Gasteiger partial charge in [0.05, 0.1) is 40.5 Å². The largest absolute Gasteiger partial charge is 0.477 e. The SMILES string of the molecule is CC1CCC(Cn2c(N3CCO[C@@H]4CCC[C@H]43)nc3cc(C(=O)O)nc(-c4cncc(Cl)c4)c32)CC1. The molecule has 0 unspecified atom stereocenters. The van der Waals surface area contributed by atoms with Crippen LogP contribution in [0.25, 0.3) is 22.3 Å². The van der Waals surface area contributed by atoms with Crippen molar-refractivity contribution in [3.05, 3.63) is 35.2 Å². The second-order valence-electron chi connectivity index (χ2n) is 10.7. The van der Waals surface area contributed by atoms with Crippen LogP contribution in [0.1, 0.15) is 62.4 Å².